The Labute approximate surface area is 339 Å². The van der Waals surface area contributed by atoms with Crippen molar-refractivity contribution in [1.29, 1.82) is 0 Å². The number of ketones is 2. The van der Waals surface area contributed by atoms with Crippen LogP contribution in [0.15, 0.2) is 23.3 Å². The zero-order chi connectivity index (χ0) is 42.2. The molecule has 4 aliphatic rings. The van der Waals surface area contributed by atoms with Crippen LogP contribution in [-0.2, 0) is 42.9 Å². The van der Waals surface area contributed by atoms with Gasteiger partial charge in [-0.3, -0.25) is 14.4 Å². The number of carbonyl (C=O) groups excluding carboxylic acids is 4. The van der Waals surface area contributed by atoms with Gasteiger partial charge in [-0.15, -0.1) is 0 Å². The normalized spacial score (nSPS) is 41.1. The van der Waals surface area contributed by atoms with Crippen LogP contribution in [0.1, 0.15) is 119 Å². The van der Waals surface area contributed by atoms with Crippen LogP contribution < -0.4 is 0 Å². The molecule has 4 unspecified atom stereocenters. The van der Waals surface area contributed by atoms with Crippen LogP contribution in [0, 0.1) is 29.6 Å². The van der Waals surface area contributed by atoms with Gasteiger partial charge >= 0.3 is 5.97 Å². The molecule has 1 saturated carbocycles. The molecule has 3 aliphatic heterocycles. The van der Waals surface area contributed by atoms with Crippen molar-refractivity contribution in [3.63, 3.8) is 0 Å². The number of ether oxygens (including phenoxy) is 5. The van der Waals surface area contributed by atoms with Gasteiger partial charge in [0.25, 0.3) is 11.7 Å². The average Bonchev–Trinajstić information content (AvgIpc) is 3.18. The Hall–Kier alpha value is -2.52. The van der Waals surface area contributed by atoms with Crippen LogP contribution in [0.4, 0.5) is 0 Å². The number of aliphatic hydroxyl groups is 3. The van der Waals surface area contributed by atoms with Crippen molar-refractivity contribution in [3.05, 3.63) is 23.3 Å². The minimum Gasteiger partial charge on any atom is -0.456 e. The molecule has 0 radical (unpaired) electrons. The summed E-state index contributed by atoms with van der Waals surface area (Å²) in [5.74, 6) is -7.46. The molecule has 0 spiro atoms. The number of aliphatic hydroxyl groups excluding tert-OH is 2. The van der Waals surface area contributed by atoms with Crippen LogP contribution in [0.2, 0.25) is 0 Å². The molecule has 2 saturated heterocycles. The molecule has 14 atom stereocenters. The van der Waals surface area contributed by atoms with E-state index in [1.165, 1.54) is 19.1 Å². The van der Waals surface area contributed by atoms with Crippen LogP contribution in [0.25, 0.3) is 0 Å². The van der Waals surface area contributed by atoms with Crippen LogP contribution >= 0.6 is 0 Å². The van der Waals surface area contributed by atoms with Gasteiger partial charge in [-0.1, -0.05) is 51.8 Å². The molecule has 3 N–H and O–H groups in total. The highest BCUT2D eigenvalue weighted by Gasteiger charge is 2.56. The molecule has 324 valence electrons. The number of hydrogen-bond donors (Lipinski definition) is 3. The lowest BCUT2D eigenvalue weighted by Crippen LogP contribution is -2.64. The number of piperidine rings is 1. The number of allylic oxidation sites excluding steroid dienone is 3. The standard InChI is InChI=1S/C44H71NO12/c1-10-13-31-19-25(2)18-26(3)20-37(54-8)40-38(55-9)22-28(5)44(52,57-40)41(49)42(50)45-17-12-11-14-32(45)43(51)56-39(29(6)34(47)24-35(31)48)27(4)21-30-15-16-33(46)36(23-30)53-7/h19,21,26,28-34,36-40,46-47,52H,10-18,20,22-24H2,1-9H3/b25-19+,27-21-/t26-,28-,29+,30?,31-,32?,33-,34-,36-,37+,38?,39+,40?,44-/m1/s1. The number of Topliss-reactive ketones (excluding diaryl/α,β-unsaturated/α-hetero) is 2. The number of nitrogens with zero attached hydrogens (tertiary/aromatic N) is 1. The predicted octanol–water partition coefficient (Wildman–Crippen LogP) is 4.86. The van der Waals surface area contributed by atoms with Crippen molar-refractivity contribution < 1.29 is 58.2 Å². The van der Waals surface area contributed by atoms with E-state index in [9.17, 15) is 34.5 Å². The first-order valence-corrected chi connectivity index (χ1v) is 21.3. The third-order valence-electron chi connectivity index (χ3n) is 13.1. The number of hydrogen-bond acceptors (Lipinski definition) is 12. The van der Waals surface area contributed by atoms with Crippen molar-refractivity contribution in [3.8, 4) is 0 Å². The van der Waals surface area contributed by atoms with E-state index in [1.807, 2.05) is 32.9 Å². The Bertz CT molecular complexity index is 1450. The molecule has 0 aromatic heterocycles. The van der Waals surface area contributed by atoms with Gasteiger partial charge in [0.1, 0.15) is 24.0 Å². The average molecular weight is 806 g/mol. The number of rotatable bonds is 7. The lowest BCUT2D eigenvalue weighted by atomic mass is 9.81. The fraction of sp³-hybridized carbons (Fsp3) is 0.818. The SMILES string of the molecule is CCC[C@@H]1/C=C(\C)C[C@@H](C)C[C@H](OC)C2O[C@@](O)(C(=O)C(=O)N3CCCCC3C(=O)O[C@@H](/C(C)=C\C3CC[C@@H](O)[C@H](OC)C3)[C@@H](C)[C@H](O)CC1=O)[C@H](C)CC2OC. The first-order valence-electron chi connectivity index (χ1n) is 21.3. The van der Waals surface area contributed by atoms with Crippen LogP contribution in [0.5, 0.6) is 0 Å². The van der Waals surface area contributed by atoms with E-state index >= 15 is 0 Å². The summed E-state index contributed by atoms with van der Waals surface area (Å²) in [7, 11) is 4.64. The van der Waals surface area contributed by atoms with E-state index in [0.29, 0.717) is 56.9 Å². The molecule has 1 aliphatic carbocycles. The molecule has 57 heavy (non-hydrogen) atoms. The molecule has 2 bridgehead atoms. The monoisotopic (exact) mass is 805 g/mol. The van der Waals surface area contributed by atoms with Crippen molar-refractivity contribution >= 4 is 23.4 Å². The quantitative estimate of drug-likeness (QED) is 0.181. The molecule has 13 heteroatoms. The van der Waals surface area contributed by atoms with Crippen LogP contribution in [0.3, 0.4) is 0 Å². The highest BCUT2D eigenvalue weighted by Crippen LogP contribution is 2.39. The molecule has 0 aromatic carbocycles. The first-order chi connectivity index (χ1) is 27.0. The molecule has 3 fully saturated rings. The van der Waals surface area contributed by atoms with Gasteiger partial charge in [0, 0.05) is 52.0 Å². The molecule has 1 amide bonds. The Morgan fingerprint density at radius 2 is 1.58 bits per heavy atom. The maximum Gasteiger partial charge on any atom is 0.329 e. The van der Waals surface area contributed by atoms with Crippen molar-refractivity contribution in [2.24, 2.45) is 29.6 Å². The summed E-state index contributed by atoms with van der Waals surface area (Å²) in [6.45, 7) is 11.4. The zero-order valence-electron chi connectivity index (χ0n) is 35.8. The molecular formula is C44H71NO12. The Morgan fingerprint density at radius 1 is 0.912 bits per heavy atom. The summed E-state index contributed by atoms with van der Waals surface area (Å²) < 4.78 is 29.8. The van der Waals surface area contributed by atoms with Gasteiger partial charge in [0.2, 0.25) is 5.79 Å². The van der Waals surface area contributed by atoms with E-state index < -0.39 is 83.9 Å². The van der Waals surface area contributed by atoms with Gasteiger partial charge in [0.05, 0.1) is 30.5 Å². The minimum absolute atomic E-state index is 0.000416. The molecular weight excluding hydrogens is 734 g/mol. The summed E-state index contributed by atoms with van der Waals surface area (Å²) in [6.07, 6.45) is 4.60. The van der Waals surface area contributed by atoms with Gasteiger partial charge in [-0.25, -0.2) is 4.79 Å². The van der Waals surface area contributed by atoms with Gasteiger partial charge in [0.15, 0.2) is 0 Å². The summed E-state index contributed by atoms with van der Waals surface area (Å²) in [5.41, 5.74) is 1.67. The van der Waals surface area contributed by atoms with E-state index in [2.05, 4.69) is 6.92 Å². The van der Waals surface area contributed by atoms with Gasteiger partial charge in [-0.2, -0.15) is 0 Å². The van der Waals surface area contributed by atoms with E-state index in [-0.39, 0.29) is 49.5 Å². The molecule has 4 rings (SSSR count). The van der Waals surface area contributed by atoms with Crippen molar-refractivity contribution in [1.82, 2.24) is 4.90 Å². The van der Waals surface area contributed by atoms with E-state index in [1.54, 1.807) is 21.0 Å². The second kappa shape index (κ2) is 21.1. The third-order valence-corrected chi connectivity index (χ3v) is 13.1. The number of methoxy groups -OCH3 is 3. The Kier molecular flexibility index (Phi) is 17.5. The number of fused-ring (bicyclic) bond motifs is 3. The second-order valence-electron chi connectivity index (χ2n) is 17.5. The minimum atomic E-state index is -2.50. The fourth-order valence-corrected chi connectivity index (χ4v) is 9.60. The number of cyclic esters (lactones) is 1. The predicted molar refractivity (Wildman–Crippen MR) is 213 cm³/mol. The zero-order valence-corrected chi connectivity index (χ0v) is 35.8. The van der Waals surface area contributed by atoms with Gasteiger partial charge < -0.3 is 43.9 Å². The third kappa shape index (κ3) is 11.4. The van der Waals surface area contributed by atoms with E-state index in [0.717, 1.165) is 12.0 Å². The summed E-state index contributed by atoms with van der Waals surface area (Å²) in [4.78, 5) is 57.9. The highest BCUT2D eigenvalue weighted by atomic mass is 16.7. The molecule has 3 heterocycles. The second-order valence-corrected chi connectivity index (χ2v) is 17.5. The maximum absolute atomic E-state index is 14.3. The van der Waals surface area contributed by atoms with Crippen LogP contribution in [-0.4, -0.2) is 126 Å². The van der Waals surface area contributed by atoms with Gasteiger partial charge in [-0.05, 0) is 95.5 Å². The fourth-order valence-electron chi connectivity index (χ4n) is 9.60. The highest BCUT2D eigenvalue weighted by molar-refractivity contribution is 6.39. The molecule has 0 aromatic rings. The Morgan fingerprint density at radius 3 is 2.23 bits per heavy atom. The number of esters is 1. The lowest BCUT2D eigenvalue weighted by molar-refractivity contribution is -0.302. The van der Waals surface area contributed by atoms with E-state index in [4.69, 9.17) is 23.7 Å². The van der Waals surface area contributed by atoms with Crippen molar-refractivity contribution in [2.75, 3.05) is 27.9 Å². The maximum atomic E-state index is 14.3. The Balaban J connectivity index is 1.77. The largest absolute Gasteiger partial charge is 0.456 e. The summed E-state index contributed by atoms with van der Waals surface area (Å²) >= 11 is 0. The first kappa shape index (κ1) is 47.2. The molecule has 13 nitrogen and oxygen atoms in total. The number of carbonyl (C=O) groups is 4. The summed E-state index contributed by atoms with van der Waals surface area (Å²) in [6, 6.07) is -1.13. The topological polar surface area (TPSA) is 178 Å². The summed E-state index contributed by atoms with van der Waals surface area (Å²) in [5, 5.41) is 34.2. The lowest BCUT2D eigenvalue weighted by Gasteiger charge is -2.47. The smallest absolute Gasteiger partial charge is 0.329 e. The van der Waals surface area contributed by atoms with Crippen molar-refractivity contribution in [2.45, 2.75) is 173 Å². The number of amides is 1.